The number of aliphatic carboxylic acids is 1. The molecule has 2 N–H and O–H groups in total. The van der Waals surface area contributed by atoms with Gasteiger partial charge in [-0.2, -0.15) is 0 Å². The molecule has 0 unspecified atom stereocenters. The summed E-state index contributed by atoms with van der Waals surface area (Å²) in [5.74, 6) is -1.18. The van der Waals surface area contributed by atoms with Gasteiger partial charge >= 0.3 is 12.1 Å². The number of carboxylic acid groups (broad SMARTS) is 1. The zero-order valence-electron chi connectivity index (χ0n) is 11.3. The van der Waals surface area contributed by atoms with Crippen LogP contribution in [0.15, 0.2) is 12.2 Å². The van der Waals surface area contributed by atoms with Crippen LogP contribution in [-0.4, -0.2) is 42.0 Å². The van der Waals surface area contributed by atoms with Crippen LogP contribution in [0, 0.1) is 0 Å². The number of nitrogens with one attached hydrogen (secondary N) is 1. The molecule has 0 aliphatic rings. The minimum atomic E-state index is -1.18. The van der Waals surface area contributed by atoms with Crippen molar-refractivity contribution in [2.45, 2.75) is 39.3 Å². The van der Waals surface area contributed by atoms with Crippen LogP contribution in [0.4, 0.5) is 4.79 Å². The van der Waals surface area contributed by atoms with Crippen molar-refractivity contribution in [1.29, 1.82) is 0 Å². The minimum absolute atomic E-state index is 0.137. The maximum atomic E-state index is 11.4. The Morgan fingerprint density at radius 3 is 2.33 bits per heavy atom. The lowest BCUT2D eigenvalue weighted by Gasteiger charge is -2.22. The topological polar surface area (TPSA) is 84.9 Å². The summed E-state index contributed by atoms with van der Waals surface area (Å²) in [7, 11) is 0. The summed E-state index contributed by atoms with van der Waals surface area (Å²) < 4.78 is 10.1. The third kappa shape index (κ3) is 8.58. The molecule has 0 aromatic carbocycles. The zero-order valence-corrected chi connectivity index (χ0v) is 11.3. The monoisotopic (exact) mass is 259 g/mol. The molecular weight excluding hydrogens is 238 g/mol. The van der Waals surface area contributed by atoms with Gasteiger partial charge in [-0.1, -0.05) is 12.2 Å². The first kappa shape index (κ1) is 16.4. The molecular formula is C12H21NO5. The molecule has 0 aromatic rings. The predicted octanol–water partition coefficient (Wildman–Crippen LogP) is 1.56. The molecule has 0 spiro atoms. The molecule has 0 bridgehead atoms. The molecule has 0 aliphatic heterocycles. The van der Waals surface area contributed by atoms with Crippen LogP contribution >= 0.6 is 0 Å². The molecule has 1 amide bonds. The van der Waals surface area contributed by atoms with Crippen molar-refractivity contribution in [2.24, 2.45) is 0 Å². The molecule has 0 saturated heterocycles. The minimum Gasteiger partial charge on any atom is -0.480 e. The summed E-state index contributed by atoms with van der Waals surface area (Å²) in [6.45, 7) is 10.6. The van der Waals surface area contributed by atoms with E-state index >= 15 is 0 Å². The number of carbonyl (C=O) groups excluding carboxylic acids is 1. The van der Waals surface area contributed by atoms with Gasteiger partial charge in [-0.15, -0.1) is 0 Å². The van der Waals surface area contributed by atoms with Gasteiger partial charge in [0.1, 0.15) is 5.60 Å². The highest BCUT2D eigenvalue weighted by molar-refractivity contribution is 5.80. The Bertz CT molecular complexity index is 319. The zero-order chi connectivity index (χ0) is 14.3. The van der Waals surface area contributed by atoms with Crippen molar-refractivity contribution >= 4 is 12.1 Å². The van der Waals surface area contributed by atoms with E-state index in [2.05, 4.69) is 11.9 Å². The van der Waals surface area contributed by atoms with Gasteiger partial charge in [0.2, 0.25) is 0 Å². The summed E-state index contributed by atoms with van der Waals surface area (Å²) in [6.07, 6.45) is -0.783. The van der Waals surface area contributed by atoms with Crippen molar-refractivity contribution in [1.82, 2.24) is 5.32 Å². The average molecular weight is 259 g/mol. The molecule has 0 saturated carbocycles. The lowest BCUT2D eigenvalue weighted by molar-refractivity contribution is -0.141. The van der Waals surface area contributed by atoms with E-state index in [-0.39, 0.29) is 13.2 Å². The van der Waals surface area contributed by atoms with Crippen LogP contribution in [0.25, 0.3) is 0 Å². The summed E-state index contributed by atoms with van der Waals surface area (Å²) in [6, 6.07) is -1.14. The molecule has 0 rings (SSSR count). The van der Waals surface area contributed by atoms with E-state index in [4.69, 9.17) is 14.6 Å². The summed E-state index contributed by atoms with van der Waals surface area (Å²) >= 11 is 0. The molecule has 1 atom stereocenters. The highest BCUT2D eigenvalue weighted by atomic mass is 16.6. The number of amides is 1. The molecule has 104 valence electrons. The number of carboxylic acids is 1. The van der Waals surface area contributed by atoms with Gasteiger partial charge in [-0.3, -0.25) is 0 Å². The molecule has 0 aliphatic carbocycles. The number of rotatable bonds is 6. The number of hydrogen-bond donors (Lipinski definition) is 2. The van der Waals surface area contributed by atoms with E-state index in [1.807, 2.05) is 0 Å². The fourth-order valence-corrected chi connectivity index (χ4v) is 0.976. The predicted molar refractivity (Wildman–Crippen MR) is 66.4 cm³/mol. The Kier molecular flexibility index (Phi) is 6.40. The van der Waals surface area contributed by atoms with E-state index in [0.29, 0.717) is 0 Å². The lowest BCUT2D eigenvalue weighted by atomic mass is 10.2. The summed E-state index contributed by atoms with van der Waals surface area (Å²) in [5.41, 5.74) is 0.0995. The number of carbonyl (C=O) groups is 2. The van der Waals surface area contributed by atoms with Crippen molar-refractivity contribution in [2.75, 3.05) is 13.2 Å². The second-order valence-electron chi connectivity index (χ2n) is 5.01. The van der Waals surface area contributed by atoms with E-state index < -0.39 is 23.7 Å². The first-order chi connectivity index (χ1) is 8.11. The van der Waals surface area contributed by atoms with Crippen molar-refractivity contribution < 1.29 is 24.2 Å². The van der Waals surface area contributed by atoms with Crippen LogP contribution < -0.4 is 5.32 Å². The highest BCUT2D eigenvalue weighted by Gasteiger charge is 2.23. The third-order valence-electron chi connectivity index (χ3n) is 1.62. The van der Waals surface area contributed by atoms with Crippen molar-refractivity contribution in [3.63, 3.8) is 0 Å². The van der Waals surface area contributed by atoms with Crippen molar-refractivity contribution in [3.8, 4) is 0 Å². The van der Waals surface area contributed by atoms with Crippen LogP contribution in [0.1, 0.15) is 27.7 Å². The molecule has 0 heterocycles. The van der Waals surface area contributed by atoms with Crippen LogP contribution in [0.3, 0.4) is 0 Å². The van der Waals surface area contributed by atoms with Gasteiger partial charge in [0.15, 0.2) is 6.04 Å². The maximum absolute atomic E-state index is 11.4. The van der Waals surface area contributed by atoms with Gasteiger partial charge in [-0.25, -0.2) is 9.59 Å². The number of hydrogen-bond acceptors (Lipinski definition) is 4. The second-order valence-corrected chi connectivity index (χ2v) is 5.01. The van der Waals surface area contributed by atoms with Crippen molar-refractivity contribution in [3.05, 3.63) is 12.2 Å². The molecule has 18 heavy (non-hydrogen) atoms. The van der Waals surface area contributed by atoms with Crippen LogP contribution in [0.5, 0.6) is 0 Å². The second kappa shape index (κ2) is 7.00. The fraction of sp³-hybridized carbons (Fsp3) is 0.667. The molecule has 6 heteroatoms. The Morgan fingerprint density at radius 2 is 1.94 bits per heavy atom. The highest BCUT2D eigenvalue weighted by Crippen LogP contribution is 2.06. The van der Waals surface area contributed by atoms with Crippen LogP contribution in [-0.2, 0) is 14.3 Å². The smallest absolute Gasteiger partial charge is 0.408 e. The Balaban J connectivity index is 4.23. The molecule has 0 aromatic heterocycles. The maximum Gasteiger partial charge on any atom is 0.408 e. The number of alkyl carbamates (subject to hydrolysis) is 1. The largest absolute Gasteiger partial charge is 0.480 e. The van der Waals surface area contributed by atoms with E-state index in [0.717, 1.165) is 5.57 Å². The lowest BCUT2D eigenvalue weighted by Crippen LogP contribution is -2.46. The Labute approximate surface area is 107 Å². The fourth-order valence-electron chi connectivity index (χ4n) is 0.976. The average Bonchev–Trinajstić information content (AvgIpc) is 2.12. The van der Waals surface area contributed by atoms with E-state index in [1.54, 1.807) is 27.7 Å². The first-order valence-corrected chi connectivity index (χ1v) is 5.56. The molecule has 6 nitrogen and oxygen atoms in total. The number of ether oxygens (including phenoxy) is 2. The first-order valence-electron chi connectivity index (χ1n) is 5.56. The van der Waals surface area contributed by atoms with E-state index in [1.165, 1.54) is 0 Å². The quantitative estimate of drug-likeness (QED) is 0.707. The SMILES string of the molecule is C=C(C)COC[C@H](NC(=O)OC(C)(C)C)C(=O)O. The molecule has 0 fully saturated rings. The van der Waals surface area contributed by atoms with Crippen LogP contribution in [0.2, 0.25) is 0 Å². The standard InChI is InChI=1S/C12H21NO5/c1-8(2)6-17-7-9(10(14)15)13-11(16)18-12(3,4)5/h9H,1,6-7H2,2-5H3,(H,13,16)(H,14,15)/t9-/m0/s1. The van der Waals surface area contributed by atoms with E-state index in [9.17, 15) is 9.59 Å². The summed E-state index contributed by atoms with van der Waals surface area (Å²) in [4.78, 5) is 22.3. The van der Waals surface area contributed by atoms with Gasteiger partial charge in [-0.05, 0) is 27.7 Å². The van der Waals surface area contributed by atoms with Gasteiger partial charge in [0.05, 0.1) is 13.2 Å². The Hall–Kier alpha value is -1.56. The summed E-state index contributed by atoms with van der Waals surface area (Å²) in [5, 5.41) is 11.1. The van der Waals surface area contributed by atoms with Gasteiger partial charge in [0.25, 0.3) is 0 Å². The normalized spacial score (nSPS) is 12.7. The molecule has 0 radical (unpaired) electrons. The van der Waals surface area contributed by atoms with Gasteiger partial charge in [0, 0.05) is 0 Å². The third-order valence-corrected chi connectivity index (χ3v) is 1.62. The van der Waals surface area contributed by atoms with Gasteiger partial charge < -0.3 is 19.9 Å². The Morgan fingerprint density at radius 1 is 1.39 bits per heavy atom.